The first-order chi connectivity index (χ1) is 34.1. The Kier molecular flexibility index (Phi) is 17.2. The normalized spacial score (nSPS) is 16.8. The zero-order valence-corrected chi connectivity index (χ0v) is 39.3. The molecular formula is C51H60F2N8O11. The van der Waals surface area contributed by atoms with E-state index in [4.69, 9.17) is 29.8 Å². The fraction of sp³-hybridized carbons (Fsp3) is 0.412. The zero-order valence-electron chi connectivity index (χ0n) is 39.3. The lowest BCUT2D eigenvalue weighted by atomic mass is 9.99. The van der Waals surface area contributed by atoms with E-state index < -0.39 is 59.4 Å². The second-order valence-corrected chi connectivity index (χ2v) is 17.7. The van der Waals surface area contributed by atoms with E-state index in [1.54, 1.807) is 66.2 Å². The molecule has 4 aliphatic rings. The van der Waals surface area contributed by atoms with Crippen LogP contribution in [0.5, 0.6) is 23.0 Å². The molecule has 6 N–H and O–H groups in total. The molecule has 2 aromatic heterocycles. The maximum absolute atomic E-state index is 14.6. The third-order valence-electron chi connectivity index (χ3n) is 12.8. The number of fused-ring (bicyclic) bond motifs is 4. The molecule has 19 nitrogen and oxygen atoms in total. The number of aliphatic hydroxyl groups is 2. The van der Waals surface area contributed by atoms with E-state index in [0.29, 0.717) is 37.6 Å². The predicted molar refractivity (Wildman–Crippen MR) is 260 cm³/mol. The molecule has 1 amide bonds. The van der Waals surface area contributed by atoms with E-state index in [2.05, 4.69) is 25.3 Å². The molecular weight excluding hydrogens is 939 g/mol. The summed E-state index contributed by atoms with van der Waals surface area (Å²) in [5, 5.41) is 42.4. The molecule has 4 aromatic carbocycles. The first-order valence-corrected chi connectivity index (χ1v) is 23.4. The van der Waals surface area contributed by atoms with Crippen molar-refractivity contribution >= 4 is 45.2 Å². The molecule has 4 atom stereocenters. The van der Waals surface area contributed by atoms with Gasteiger partial charge in [-0.3, -0.25) is 23.7 Å². The number of aromatic nitrogens is 4. The van der Waals surface area contributed by atoms with Gasteiger partial charge in [0, 0.05) is 55.1 Å². The van der Waals surface area contributed by atoms with Crippen molar-refractivity contribution in [3.8, 4) is 23.0 Å². The van der Waals surface area contributed by atoms with E-state index in [1.165, 1.54) is 43.2 Å². The molecule has 384 valence electrons. The number of nitrogens with two attached hydrogens (primary N) is 1. The van der Waals surface area contributed by atoms with Crippen molar-refractivity contribution in [1.29, 1.82) is 0 Å². The molecule has 2 saturated heterocycles. The summed E-state index contributed by atoms with van der Waals surface area (Å²) in [6.07, 6.45) is 5.39. The number of rotatable bonds is 13. The smallest absolute Gasteiger partial charge is 0.377 e. The van der Waals surface area contributed by atoms with E-state index in [-0.39, 0.29) is 54.6 Å². The van der Waals surface area contributed by atoms with Gasteiger partial charge in [-0.1, -0.05) is 7.43 Å². The van der Waals surface area contributed by atoms with Crippen molar-refractivity contribution in [2.24, 2.45) is 19.8 Å². The molecule has 0 aliphatic carbocycles. The summed E-state index contributed by atoms with van der Waals surface area (Å²) in [4.78, 5) is 51.9. The summed E-state index contributed by atoms with van der Waals surface area (Å²) in [5.41, 5.74) is 8.83. The van der Waals surface area contributed by atoms with Crippen molar-refractivity contribution in [2.75, 3.05) is 65.7 Å². The predicted octanol–water partition coefficient (Wildman–Crippen LogP) is 4.51. The van der Waals surface area contributed by atoms with Crippen LogP contribution in [0, 0.1) is 11.6 Å². The average molecular weight is 999 g/mol. The molecule has 0 unspecified atom stereocenters. The fourth-order valence-electron chi connectivity index (χ4n) is 9.01. The van der Waals surface area contributed by atoms with Crippen molar-refractivity contribution in [1.82, 2.24) is 34.7 Å². The Balaban J connectivity index is 0.000000174. The van der Waals surface area contributed by atoms with E-state index in [0.717, 1.165) is 60.8 Å². The number of carboxylic acids is 1. The van der Waals surface area contributed by atoms with Crippen LogP contribution in [0.2, 0.25) is 0 Å². The van der Waals surface area contributed by atoms with Gasteiger partial charge in [-0.25, -0.2) is 13.6 Å². The number of halogens is 2. The van der Waals surface area contributed by atoms with Crippen LogP contribution in [-0.4, -0.2) is 146 Å². The lowest BCUT2D eigenvalue weighted by Gasteiger charge is -2.29. The monoisotopic (exact) mass is 998 g/mol. The third kappa shape index (κ3) is 12.2. The average Bonchev–Trinajstić information content (AvgIpc) is 4.23. The molecule has 6 aromatic rings. The summed E-state index contributed by atoms with van der Waals surface area (Å²) in [5.74, 6) is -4.41. The molecule has 4 aliphatic heterocycles. The standard InChI is InChI=1S/C25H27FN4O5.C15H21FN2O3.C10H8N2O3.CH4/c1-29-20-5-4-15(10-17(20)13-27-29)23(32)25(33)28-19(14-30-6-2-3-7-30)22(31)16-11-18(26)24-21(12-16)34-8-9-35-24;16-11-7-10(8-13-15(11)21-6-5-20-13)14(19)12(17)9-18-3-1-2-4-18;1-12-8-3-2-6(9(13)10(14)15)4-7(8)5-11-12;/h4-5,10-13,19,22,31H,2-3,6-9,14H2,1H3,(H,28,33);7-8,12,14,19H,1-6,9,17H2;2-5H,1H3,(H,14,15);1H4/t19-,22-;12-,14-;;/m11../s1. The van der Waals surface area contributed by atoms with Gasteiger partial charge < -0.3 is 55.1 Å². The Morgan fingerprint density at radius 2 is 1.10 bits per heavy atom. The number of carbonyl (C=O) groups is 4. The zero-order chi connectivity index (χ0) is 50.3. The number of aryl methyl sites for hydroxylation is 2. The van der Waals surface area contributed by atoms with Crippen molar-refractivity contribution < 1.29 is 62.2 Å². The van der Waals surface area contributed by atoms with Gasteiger partial charge in [-0.15, -0.1) is 0 Å². The summed E-state index contributed by atoms with van der Waals surface area (Å²) in [7, 11) is 3.57. The number of nitrogens with zero attached hydrogens (tertiary/aromatic N) is 6. The van der Waals surface area contributed by atoms with Gasteiger partial charge in [-0.05, 0) is 124 Å². The summed E-state index contributed by atoms with van der Waals surface area (Å²) in [6.45, 7) is 5.82. The topological polar surface area (TPSA) is 246 Å². The van der Waals surface area contributed by atoms with Crippen LogP contribution in [0.3, 0.4) is 0 Å². The summed E-state index contributed by atoms with van der Waals surface area (Å²) >= 11 is 0. The number of hydrogen-bond acceptors (Lipinski definition) is 15. The van der Waals surface area contributed by atoms with Gasteiger partial charge in [0.1, 0.15) is 32.5 Å². The van der Waals surface area contributed by atoms with Crippen LogP contribution >= 0.6 is 0 Å². The number of likely N-dealkylation sites (tertiary alicyclic amines) is 2. The number of ketones is 2. The Hall–Kier alpha value is -7.04. The SMILES string of the molecule is C.Cn1ncc2cc(C(=O)C(=O)N[C@H](CN3CCCC3)[C@H](O)c3cc(F)c4c(c3)OCCO4)ccc21.Cn1ncc2cc(C(=O)C(=O)O)ccc21.N[C@H](CN1CCCC1)[C@H](O)c1cc(F)c2c(c1)OCCO2. The first kappa shape index (κ1) is 52.8. The quantitative estimate of drug-likeness (QED) is 0.0789. The van der Waals surface area contributed by atoms with Gasteiger partial charge in [0.15, 0.2) is 34.6 Å². The van der Waals surface area contributed by atoms with E-state index in [1.807, 2.05) is 0 Å². The number of carboxylic acid groups (broad SMARTS) is 1. The maximum Gasteiger partial charge on any atom is 0.377 e. The van der Waals surface area contributed by atoms with Crippen molar-refractivity contribution in [3.63, 3.8) is 0 Å². The minimum absolute atomic E-state index is 0. The molecule has 0 bridgehead atoms. The van der Waals surface area contributed by atoms with Crippen molar-refractivity contribution in [3.05, 3.63) is 107 Å². The van der Waals surface area contributed by atoms with Crippen LogP contribution in [0.1, 0.15) is 77.2 Å². The minimum atomic E-state index is -1.45. The lowest BCUT2D eigenvalue weighted by molar-refractivity contribution is -0.131. The number of Topliss-reactive ketones (excluding diaryl/α,β-unsaturated/α-hetero) is 2. The fourth-order valence-corrected chi connectivity index (χ4v) is 9.01. The van der Waals surface area contributed by atoms with Gasteiger partial charge in [0.25, 0.3) is 11.7 Å². The van der Waals surface area contributed by atoms with Crippen LogP contribution in [0.25, 0.3) is 21.8 Å². The highest BCUT2D eigenvalue weighted by Gasteiger charge is 2.32. The molecule has 0 spiro atoms. The van der Waals surface area contributed by atoms with Gasteiger partial charge in [0.2, 0.25) is 5.78 Å². The van der Waals surface area contributed by atoms with Gasteiger partial charge in [0.05, 0.1) is 35.6 Å². The lowest BCUT2D eigenvalue weighted by Crippen LogP contribution is -2.48. The van der Waals surface area contributed by atoms with Crippen LogP contribution in [0.4, 0.5) is 8.78 Å². The first-order valence-electron chi connectivity index (χ1n) is 23.4. The van der Waals surface area contributed by atoms with Crippen molar-refractivity contribution in [2.45, 2.75) is 57.4 Å². The third-order valence-corrected chi connectivity index (χ3v) is 12.8. The highest BCUT2D eigenvalue weighted by molar-refractivity contribution is 6.43. The van der Waals surface area contributed by atoms with Crippen LogP contribution in [-0.2, 0) is 23.7 Å². The Bertz CT molecular complexity index is 2920. The summed E-state index contributed by atoms with van der Waals surface area (Å²) < 4.78 is 53.4. The maximum atomic E-state index is 14.6. The number of carbonyl (C=O) groups excluding carboxylic acids is 3. The largest absolute Gasteiger partial charge is 0.486 e. The molecule has 6 heterocycles. The molecule has 0 radical (unpaired) electrons. The van der Waals surface area contributed by atoms with Crippen LogP contribution in [0.15, 0.2) is 73.1 Å². The second-order valence-electron chi connectivity index (χ2n) is 17.7. The molecule has 10 rings (SSSR count). The number of amides is 1. The number of nitrogens with one attached hydrogen (secondary N) is 1. The Morgan fingerprint density at radius 1 is 0.653 bits per heavy atom. The number of hydrogen-bond donors (Lipinski definition) is 5. The number of aliphatic hydroxyl groups excluding tert-OH is 2. The van der Waals surface area contributed by atoms with E-state index >= 15 is 0 Å². The van der Waals surface area contributed by atoms with Crippen LogP contribution < -0.4 is 30.0 Å². The molecule has 2 fully saturated rings. The molecule has 72 heavy (non-hydrogen) atoms. The van der Waals surface area contributed by atoms with E-state index in [9.17, 15) is 38.2 Å². The highest BCUT2D eigenvalue weighted by atomic mass is 19.1. The number of ether oxygens (including phenoxy) is 4. The Labute approximate surface area is 414 Å². The highest BCUT2D eigenvalue weighted by Crippen LogP contribution is 2.38. The number of aliphatic carboxylic acids is 1. The summed E-state index contributed by atoms with van der Waals surface area (Å²) in [6, 6.07) is 13.9. The molecule has 0 saturated carbocycles. The molecule has 21 heteroatoms. The van der Waals surface area contributed by atoms with Gasteiger partial charge in [-0.2, -0.15) is 10.2 Å². The van der Waals surface area contributed by atoms with Gasteiger partial charge >= 0.3 is 5.97 Å². The Morgan fingerprint density at radius 3 is 1.58 bits per heavy atom. The number of benzene rings is 4. The second kappa shape index (κ2) is 23.5. The minimum Gasteiger partial charge on any atom is -0.486 e.